The van der Waals surface area contributed by atoms with E-state index in [0.29, 0.717) is 29.8 Å². The highest BCUT2D eigenvalue weighted by Crippen LogP contribution is 2.34. The van der Waals surface area contributed by atoms with Crippen LogP contribution in [0.25, 0.3) is 5.95 Å². The van der Waals surface area contributed by atoms with Gasteiger partial charge in [0.2, 0.25) is 0 Å². The number of benzene rings is 1. The third-order valence-corrected chi connectivity index (χ3v) is 4.78. The minimum atomic E-state index is -4.89. The van der Waals surface area contributed by atoms with Gasteiger partial charge >= 0.3 is 6.18 Å². The number of hydrogen-bond acceptors (Lipinski definition) is 5. The van der Waals surface area contributed by atoms with E-state index in [-0.39, 0.29) is 6.54 Å². The van der Waals surface area contributed by atoms with Crippen molar-refractivity contribution in [2.45, 2.75) is 25.6 Å². The van der Waals surface area contributed by atoms with E-state index in [4.69, 9.17) is 0 Å². The number of carbonyl (C=O) groups excluding carboxylic acids is 1. The van der Waals surface area contributed by atoms with Crippen molar-refractivity contribution in [3.8, 4) is 5.95 Å². The average molecular weight is 406 g/mol. The fourth-order valence-electron chi connectivity index (χ4n) is 3.35. The van der Waals surface area contributed by atoms with Crippen molar-refractivity contribution in [3.05, 3.63) is 65.0 Å². The van der Waals surface area contributed by atoms with Crippen LogP contribution in [0.1, 0.15) is 40.3 Å². The molecule has 1 amide bonds. The standard InChI is InChI=1S/C18H14F4N6O/c1-10-15-13(28(26-25-15)17-23-7-3-8-24-17)6-9-27(10)16(29)11-4-2-5-12(14(11)19)18(20,21)22/h2-5,7-8,10H,6,9H2,1H3/t10-/m1/s1. The van der Waals surface area contributed by atoms with E-state index in [1.165, 1.54) is 9.58 Å². The largest absolute Gasteiger partial charge is 0.419 e. The first-order valence-corrected chi connectivity index (χ1v) is 8.67. The highest BCUT2D eigenvalue weighted by Gasteiger charge is 2.38. The van der Waals surface area contributed by atoms with E-state index >= 15 is 0 Å². The summed E-state index contributed by atoms with van der Waals surface area (Å²) in [6.07, 6.45) is -1.47. The Kier molecular flexibility index (Phi) is 4.52. The van der Waals surface area contributed by atoms with Gasteiger partial charge in [0.1, 0.15) is 11.5 Å². The number of amides is 1. The molecule has 150 valence electrons. The van der Waals surface area contributed by atoms with Gasteiger partial charge in [-0.15, -0.1) is 5.10 Å². The first-order chi connectivity index (χ1) is 13.8. The molecule has 7 nitrogen and oxygen atoms in total. The van der Waals surface area contributed by atoms with Gasteiger partial charge in [0, 0.05) is 25.4 Å². The molecule has 1 aliphatic heterocycles. The molecule has 1 atom stereocenters. The molecule has 29 heavy (non-hydrogen) atoms. The van der Waals surface area contributed by atoms with Crippen molar-refractivity contribution in [1.82, 2.24) is 29.9 Å². The molecule has 2 aromatic heterocycles. The lowest BCUT2D eigenvalue weighted by molar-refractivity contribution is -0.140. The quantitative estimate of drug-likeness (QED) is 0.612. The van der Waals surface area contributed by atoms with Gasteiger partial charge in [0.15, 0.2) is 0 Å². The zero-order valence-corrected chi connectivity index (χ0v) is 15.1. The van der Waals surface area contributed by atoms with Crippen molar-refractivity contribution in [3.63, 3.8) is 0 Å². The second kappa shape index (κ2) is 6.90. The van der Waals surface area contributed by atoms with Crippen LogP contribution in [0.4, 0.5) is 17.6 Å². The third kappa shape index (κ3) is 3.22. The summed E-state index contributed by atoms with van der Waals surface area (Å²) in [5, 5.41) is 8.11. The number of alkyl halides is 3. The molecule has 0 radical (unpaired) electrons. The Balaban J connectivity index is 1.66. The van der Waals surface area contributed by atoms with E-state index in [1.807, 2.05) is 0 Å². The van der Waals surface area contributed by atoms with Crippen LogP contribution in [-0.4, -0.2) is 42.3 Å². The molecule has 0 N–H and O–H groups in total. The molecule has 0 fully saturated rings. The summed E-state index contributed by atoms with van der Waals surface area (Å²) in [4.78, 5) is 22.3. The van der Waals surface area contributed by atoms with E-state index in [9.17, 15) is 22.4 Å². The summed E-state index contributed by atoms with van der Waals surface area (Å²) in [7, 11) is 0. The van der Waals surface area contributed by atoms with Gasteiger partial charge in [-0.1, -0.05) is 11.3 Å². The SMILES string of the molecule is C[C@@H]1c2nnn(-c3ncccn3)c2CCN1C(=O)c1cccc(C(F)(F)F)c1F. The van der Waals surface area contributed by atoms with Crippen LogP contribution in [-0.2, 0) is 12.6 Å². The Morgan fingerprint density at radius 2 is 1.90 bits per heavy atom. The Labute approximate surface area is 162 Å². The Hall–Kier alpha value is -3.37. The molecular formula is C18H14F4N6O. The topological polar surface area (TPSA) is 76.8 Å². The predicted octanol–water partition coefficient (Wildman–Crippen LogP) is 2.97. The predicted molar refractivity (Wildman–Crippen MR) is 91.5 cm³/mol. The van der Waals surface area contributed by atoms with Gasteiger partial charge in [0.25, 0.3) is 11.9 Å². The van der Waals surface area contributed by atoms with E-state index in [0.717, 1.165) is 12.1 Å². The van der Waals surface area contributed by atoms with Gasteiger partial charge < -0.3 is 4.90 Å². The van der Waals surface area contributed by atoms with Gasteiger partial charge in [-0.25, -0.2) is 14.4 Å². The molecule has 0 saturated carbocycles. The summed E-state index contributed by atoms with van der Waals surface area (Å²) in [5.74, 6) is -2.10. The number of carbonyl (C=O) groups is 1. The van der Waals surface area contributed by atoms with Crippen molar-refractivity contribution < 1.29 is 22.4 Å². The normalized spacial score (nSPS) is 16.6. The molecule has 0 aliphatic carbocycles. The smallest absolute Gasteiger partial charge is 0.330 e. The number of nitrogens with zero attached hydrogens (tertiary/aromatic N) is 6. The first kappa shape index (κ1) is 19.0. The second-order valence-corrected chi connectivity index (χ2v) is 6.47. The summed E-state index contributed by atoms with van der Waals surface area (Å²) in [6.45, 7) is 1.81. The minimum absolute atomic E-state index is 0.156. The molecule has 1 aromatic carbocycles. The summed E-state index contributed by atoms with van der Waals surface area (Å²) in [5.41, 5.74) is -0.948. The first-order valence-electron chi connectivity index (χ1n) is 8.67. The third-order valence-electron chi connectivity index (χ3n) is 4.78. The minimum Gasteiger partial charge on any atom is -0.330 e. The Morgan fingerprint density at radius 1 is 1.17 bits per heavy atom. The van der Waals surface area contributed by atoms with Crippen LogP contribution in [0.15, 0.2) is 36.7 Å². The van der Waals surface area contributed by atoms with Crippen molar-refractivity contribution in [1.29, 1.82) is 0 Å². The number of rotatable bonds is 2. The monoisotopic (exact) mass is 406 g/mol. The lowest BCUT2D eigenvalue weighted by Crippen LogP contribution is -2.40. The maximum atomic E-state index is 14.4. The maximum absolute atomic E-state index is 14.4. The molecule has 3 heterocycles. The molecule has 4 rings (SSSR count). The summed E-state index contributed by atoms with van der Waals surface area (Å²) < 4.78 is 54.8. The van der Waals surface area contributed by atoms with Gasteiger partial charge in [0.05, 0.1) is 22.9 Å². The number of aromatic nitrogens is 5. The molecule has 0 bridgehead atoms. The van der Waals surface area contributed by atoms with Crippen molar-refractivity contribution >= 4 is 5.91 Å². The van der Waals surface area contributed by atoms with Crippen LogP contribution in [0, 0.1) is 5.82 Å². The van der Waals surface area contributed by atoms with Crippen molar-refractivity contribution in [2.24, 2.45) is 0 Å². The van der Waals surface area contributed by atoms with Crippen LogP contribution in [0.3, 0.4) is 0 Å². The maximum Gasteiger partial charge on any atom is 0.419 e. The summed E-state index contributed by atoms with van der Waals surface area (Å²) >= 11 is 0. The molecule has 0 spiro atoms. The molecular weight excluding hydrogens is 392 g/mol. The zero-order chi connectivity index (χ0) is 20.8. The van der Waals surface area contributed by atoms with Crippen LogP contribution in [0.5, 0.6) is 0 Å². The lowest BCUT2D eigenvalue weighted by atomic mass is 10.0. The Bertz CT molecular complexity index is 1070. The van der Waals surface area contributed by atoms with Crippen LogP contribution >= 0.6 is 0 Å². The fraction of sp³-hybridized carbons (Fsp3) is 0.278. The van der Waals surface area contributed by atoms with Gasteiger partial charge in [-0.2, -0.15) is 17.9 Å². The second-order valence-electron chi connectivity index (χ2n) is 6.47. The average Bonchev–Trinajstić information content (AvgIpc) is 3.13. The van der Waals surface area contributed by atoms with E-state index < -0.39 is 35.1 Å². The fourth-order valence-corrected chi connectivity index (χ4v) is 3.35. The van der Waals surface area contributed by atoms with E-state index in [2.05, 4.69) is 20.3 Å². The van der Waals surface area contributed by atoms with Gasteiger partial charge in [-0.3, -0.25) is 4.79 Å². The zero-order valence-electron chi connectivity index (χ0n) is 15.1. The molecule has 3 aromatic rings. The molecule has 1 aliphatic rings. The molecule has 0 unspecified atom stereocenters. The Morgan fingerprint density at radius 3 is 2.59 bits per heavy atom. The van der Waals surface area contributed by atoms with Crippen LogP contribution < -0.4 is 0 Å². The molecule has 11 heteroatoms. The number of halogens is 4. The van der Waals surface area contributed by atoms with Crippen molar-refractivity contribution in [2.75, 3.05) is 6.54 Å². The van der Waals surface area contributed by atoms with Gasteiger partial charge in [-0.05, 0) is 25.1 Å². The lowest BCUT2D eigenvalue weighted by Gasteiger charge is -2.32. The molecule has 0 saturated heterocycles. The van der Waals surface area contributed by atoms with E-state index in [1.54, 1.807) is 25.4 Å². The number of hydrogen-bond donors (Lipinski definition) is 0. The number of fused-ring (bicyclic) bond motifs is 1. The summed E-state index contributed by atoms with van der Waals surface area (Å²) in [6, 6.07) is 3.71. The highest BCUT2D eigenvalue weighted by molar-refractivity contribution is 5.95. The highest BCUT2D eigenvalue weighted by atomic mass is 19.4. The van der Waals surface area contributed by atoms with Crippen LogP contribution in [0.2, 0.25) is 0 Å².